The number of phenols is 1. The van der Waals surface area contributed by atoms with Gasteiger partial charge in [-0.25, -0.2) is 0 Å². The number of hydrogen-bond donors (Lipinski definition) is 1. The van der Waals surface area contributed by atoms with Crippen molar-refractivity contribution in [1.82, 2.24) is 0 Å². The molecule has 4 aliphatic rings. The first kappa shape index (κ1) is 18.2. The van der Waals surface area contributed by atoms with Crippen LogP contribution in [0.4, 0.5) is 0 Å². The maximum Gasteiger partial charge on any atom is 0.309 e. The molecule has 3 aliphatic heterocycles. The van der Waals surface area contributed by atoms with Crippen LogP contribution < -0.4 is 0 Å². The van der Waals surface area contributed by atoms with Crippen molar-refractivity contribution in [3.8, 4) is 5.75 Å². The van der Waals surface area contributed by atoms with Crippen molar-refractivity contribution in [1.29, 1.82) is 0 Å². The molecular formula is C21H18O8. The summed E-state index contributed by atoms with van der Waals surface area (Å²) in [5.41, 5.74) is -0.317. The van der Waals surface area contributed by atoms with E-state index in [4.69, 9.17) is 14.2 Å². The Hall–Kier alpha value is -2.84. The van der Waals surface area contributed by atoms with Gasteiger partial charge in [0, 0.05) is 12.0 Å². The molecule has 2 fully saturated rings. The van der Waals surface area contributed by atoms with E-state index in [1.54, 1.807) is 13.8 Å². The van der Waals surface area contributed by atoms with Crippen LogP contribution in [0.2, 0.25) is 0 Å². The Bertz CT molecular complexity index is 1040. The van der Waals surface area contributed by atoms with Gasteiger partial charge >= 0.3 is 5.97 Å². The summed E-state index contributed by atoms with van der Waals surface area (Å²) in [6.07, 6.45) is -2.44. The number of ether oxygens (including phenoxy) is 3. The number of phenolic OH excluding ortho intramolecular Hbond substituents is 1. The van der Waals surface area contributed by atoms with E-state index in [1.165, 1.54) is 18.2 Å². The third-order valence-electron chi connectivity index (χ3n) is 6.10. The first-order valence-electron chi connectivity index (χ1n) is 9.48. The maximum absolute atomic E-state index is 13.5. The molecule has 5 atom stereocenters. The molecule has 2 saturated heterocycles. The number of carbonyl (C=O) groups excluding carboxylic acids is 4. The number of hydrogen-bond acceptors (Lipinski definition) is 8. The molecule has 8 nitrogen and oxygen atoms in total. The number of ketones is 3. The molecule has 0 amide bonds. The number of rotatable bonds is 0. The largest absolute Gasteiger partial charge is 0.507 e. The third-order valence-corrected chi connectivity index (χ3v) is 6.10. The highest BCUT2D eigenvalue weighted by Gasteiger charge is 2.63. The topological polar surface area (TPSA) is 116 Å². The van der Waals surface area contributed by atoms with Crippen LogP contribution in [0.5, 0.6) is 5.75 Å². The van der Waals surface area contributed by atoms with Gasteiger partial charge < -0.3 is 19.3 Å². The second-order valence-corrected chi connectivity index (χ2v) is 7.91. The normalized spacial score (nSPS) is 36.1. The molecule has 0 unspecified atom stereocenters. The molecule has 0 aromatic heterocycles. The predicted octanol–water partition coefficient (Wildman–Crippen LogP) is 1.49. The summed E-state index contributed by atoms with van der Waals surface area (Å²) in [6.45, 7) is 3.26. The highest BCUT2D eigenvalue weighted by Crippen LogP contribution is 2.51. The van der Waals surface area contributed by atoms with Crippen LogP contribution in [0.3, 0.4) is 0 Å². The van der Waals surface area contributed by atoms with Gasteiger partial charge in [-0.05, 0) is 19.9 Å². The van der Waals surface area contributed by atoms with Crippen LogP contribution in [0, 0.1) is 5.92 Å². The average molecular weight is 398 g/mol. The van der Waals surface area contributed by atoms with Crippen molar-refractivity contribution >= 4 is 23.3 Å². The maximum atomic E-state index is 13.5. The Kier molecular flexibility index (Phi) is 3.66. The number of carbonyl (C=O) groups is 4. The van der Waals surface area contributed by atoms with Gasteiger partial charge in [-0.3, -0.25) is 19.2 Å². The van der Waals surface area contributed by atoms with Crippen molar-refractivity contribution in [2.45, 2.75) is 50.8 Å². The minimum absolute atomic E-state index is 0.0235. The summed E-state index contributed by atoms with van der Waals surface area (Å²) in [6, 6.07) is 4.21. The van der Waals surface area contributed by atoms with Crippen LogP contribution in [-0.2, 0) is 23.8 Å². The summed E-state index contributed by atoms with van der Waals surface area (Å²) >= 11 is 0. The summed E-state index contributed by atoms with van der Waals surface area (Å²) in [5.74, 6) is -5.00. The molecule has 1 N–H and O–H groups in total. The number of benzene rings is 1. The Morgan fingerprint density at radius 1 is 1.03 bits per heavy atom. The van der Waals surface area contributed by atoms with E-state index in [9.17, 15) is 24.3 Å². The lowest BCUT2D eigenvalue weighted by Crippen LogP contribution is -2.61. The number of esters is 1. The van der Waals surface area contributed by atoms with Gasteiger partial charge in [-0.15, -0.1) is 0 Å². The number of aromatic hydroxyl groups is 1. The average Bonchev–Trinajstić information content (AvgIpc) is 3.02. The van der Waals surface area contributed by atoms with Crippen LogP contribution >= 0.6 is 0 Å². The van der Waals surface area contributed by atoms with Gasteiger partial charge in [-0.1, -0.05) is 12.1 Å². The zero-order chi connectivity index (χ0) is 20.7. The lowest BCUT2D eigenvalue weighted by Gasteiger charge is -2.50. The molecule has 0 radical (unpaired) electrons. The van der Waals surface area contributed by atoms with Gasteiger partial charge in [0.15, 0.2) is 17.7 Å². The van der Waals surface area contributed by atoms with Crippen molar-refractivity contribution in [2.75, 3.05) is 0 Å². The molecule has 1 aromatic rings. The summed E-state index contributed by atoms with van der Waals surface area (Å²) in [4.78, 5) is 51.6. The van der Waals surface area contributed by atoms with Crippen LogP contribution in [0.25, 0.3) is 0 Å². The van der Waals surface area contributed by atoms with Gasteiger partial charge in [-0.2, -0.15) is 0 Å². The Balaban J connectivity index is 1.81. The van der Waals surface area contributed by atoms with E-state index < -0.39 is 47.6 Å². The first-order valence-corrected chi connectivity index (χ1v) is 9.48. The third kappa shape index (κ3) is 2.27. The molecule has 1 aromatic carbocycles. The zero-order valence-electron chi connectivity index (χ0n) is 15.8. The molecule has 150 valence electrons. The number of fused-ring (bicyclic) bond motifs is 4. The van der Waals surface area contributed by atoms with Crippen LogP contribution in [0.15, 0.2) is 29.3 Å². The highest BCUT2D eigenvalue weighted by atomic mass is 16.7. The van der Waals surface area contributed by atoms with Gasteiger partial charge in [0.25, 0.3) is 0 Å². The van der Waals surface area contributed by atoms with Gasteiger partial charge in [0.05, 0.1) is 35.2 Å². The predicted molar refractivity (Wildman–Crippen MR) is 95.2 cm³/mol. The Morgan fingerprint density at radius 2 is 1.79 bits per heavy atom. The quantitative estimate of drug-likeness (QED) is 0.654. The Labute approximate surface area is 165 Å². The van der Waals surface area contributed by atoms with Crippen LogP contribution in [-0.4, -0.2) is 52.5 Å². The van der Waals surface area contributed by atoms with E-state index in [-0.39, 0.29) is 46.6 Å². The second-order valence-electron chi connectivity index (χ2n) is 7.91. The molecular weight excluding hydrogens is 380 g/mol. The fourth-order valence-corrected chi connectivity index (χ4v) is 4.78. The van der Waals surface area contributed by atoms with Crippen molar-refractivity contribution in [3.63, 3.8) is 0 Å². The molecule has 29 heavy (non-hydrogen) atoms. The van der Waals surface area contributed by atoms with E-state index in [0.717, 1.165) is 0 Å². The fourth-order valence-electron chi connectivity index (χ4n) is 4.78. The molecule has 8 heteroatoms. The van der Waals surface area contributed by atoms with Gasteiger partial charge in [0.2, 0.25) is 5.79 Å². The van der Waals surface area contributed by atoms with E-state index in [1.807, 2.05) is 0 Å². The minimum Gasteiger partial charge on any atom is -0.507 e. The number of Topliss-reactive ketones (excluding diaryl/α,β-unsaturated/α-hetero) is 3. The van der Waals surface area contributed by atoms with Crippen molar-refractivity contribution in [3.05, 3.63) is 40.5 Å². The van der Waals surface area contributed by atoms with Crippen LogP contribution in [0.1, 0.15) is 47.4 Å². The minimum atomic E-state index is -1.81. The molecule has 5 rings (SSSR count). The standard InChI is InChI=1S/C21H18O8/c1-8-6-12(23)9(2)21(28-8)17-16(20-13(29-21)7-14(24)27-20)18(25)10-4-3-5-11(22)15(10)19(17)26/h3-5,8-9,13,20,22H,6-7H2,1-2H3/t8-,9+,13-,20+,21-/m1/s1. The van der Waals surface area contributed by atoms with Gasteiger partial charge in [0.1, 0.15) is 17.6 Å². The molecule has 3 heterocycles. The smallest absolute Gasteiger partial charge is 0.309 e. The van der Waals surface area contributed by atoms with E-state index in [2.05, 4.69) is 0 Å². The molecule has 1 spiro atoms. The monoisotopic (exact) mass is 398 g/mol. The van der Waals surface area contributed by atoms with Crippen molar-refractivity contribution < 1.29 is 38.5 Å². The Morgan fingerprint density at radius 3 is 2.55 bits per heavy atom. The zero-order valence-corrected chi connectivity index (χ0v) is 15.8. The summed E-state index contributed by atoms with van der Waals surface area (Å²) in [7, 11) is 0. The lowest BCUT2D eigenvalue weighted by molar-refractivity contribution is -0.291. The molecule has 0 saturated carbocycles. The second kappa shape index (κ2) is 5.84. The summed E-state index contributed by atoms with van der Waals surface area (Å²) in [5, 5.41) is 10.3. The fraction of sp³-hybridized carbons (Fsp3) is 0.429. The lowest BCUT2D eigenvalue weighted by atomic mass is 9.71. The first-order chi connectivity index (χ1) is 13.7. The highest BCUT2D eigenvalue weighted by molar-refractivity contribution is 6.29. The molecule has 1 aliphatic carbocycles. The van der Waals surface area contributed by atoms with Crippen molar-refractivity contribution in [2.24, 2.45) is 5.92 Å². The molecule has 0 bridgehead atoms. The van der Waals surface area contributed by atoms with E-state index >= 15 is 0 Å². The summed E-state index contributed by atoms with van der Waals surface area (Å²) < 4.78 is 17.5. The SMILES string of the molecule is C[C@@H]1CC(=O)[C@H](C)[C@@]2(O1)O[C@@H]1CC(=O)O[C@@H]1C1=C2C(=O)c2c(O)cccc2C1=O. The van der Waals surface area contributed by atoms with E-state index in [0.29, 0.717) is 0 Å².